The molecule has 1 saturated carbocycles. The molecule has 1 heterocycles. The fourth-order valence-corrected chi connectivity index (χ4v) is 5.40. The number of Topliss-reactive ketones (excluding diaryl/α,β-unsaturated/α-hetero) is 1. The van der Waals surface area contributed by atoms with Crippen molar-refractivity contribution in [2.75, 3.05) is 25.5 Å². The molecule has 5 heteroatoms. The maximum absolute atomic E-state index is 13.0. The van der Waals surface area contributed by atoms with Crippen LogP contribution < -0.4 is 10.1 Å². The van der Waals surface area contributed by atoms with Gasteiger partial charge in [0.25, 0.3) is 0 Å². The molecular weight excluding hydrogens is 400 g/mol. The van der Waals surface area contributed by atoms with Crippen molar-refractivity contribution in [3.8, 4) is 5.75 Å². The van der Waals surface area contributed by atoms with Crippen molar-refractivity contribution in [1.82, 2.24) is 4.90 Å². The number of amides is 1. The molecule has 3 aliphatic rings. The highest BCUT2D eigenvalue weighted by molar-refractivity contribution is 5.99. The second-order valence-corrected chi connectivity index (χ2v) is 9.69. The van der Waals surface area contributed by atoms with Gasteiger partial charge in [-0.3, -0.25) is 9.59 Å². The van der Waals surface area contributed by atoms with Crippen LogP contribution in [0.5, 0.6) is 5.75 Å². The first kappa shape index (κ1) is 21.2. The van der Waals surface area contributed by atoms with Crippen molar-refractivity contribution in [3.05, 3.63) is 59.2 Å². The highest BCUT2D eigenvalue weighted by Crippen LogP contribution is 2.53. The molecular formula is C27H32N2O3. The van der Waals surface area contributed by atoms with Gasteiger partial charge in [0.05, 0.1) is 5.41 Å². The van der Waals surface area contributed by atoms with Crippen LogP contribution in [0.3, 0.4) is 0 Å². The molecule has 168 valence electrons. The van der Waals surface area contributed by atoms with E-state index in [9.17, 15) is 9.59 Å². The Morgan fingerprint density at radius 1 is 1.16 bits per heavy atom. The second-order valence-electron chi connectivity index (χ2n) is 9.69. The van der Waals surface area contributed by atoms with Crippen LogP contribution >= 0.6 is 0 Å². The van der Waals surface area contributed by atoms with E-state index in [1.807, 2.05) is 42.5 Å². The van der Waals surface area contributed by atoms with Gasteiger partial charge < -0.3 is 15.0 Å². The van der Waals surface area contributed by atoms with E-state index < -0.39 is 0 Å². The van der Waals surface area contributed by atoms with Crippen molar-refractivity contribution in [3.63, 3.8) is 0 Å². The second kappa shape index (κ2) is 8.70. The normalized spacial score (nSPS) is 20.1. The number of benzene rings is 2. The monoisotopic (exact) mass is 432 g/mol. The summed E-state index contributed by atoms with van der Waals surface area (Å²) in [6, 6.07) is 14.1. The van der Waals surface area contributed by atoms with Gasteiger partial charge >= 0.3 is 0 Å². The molecule has 1 N–H and O–H groups in total. The van der Waals surface area contributed by atoms with E-state index in [-0.39, 0.29) is 17.4 Å². The number of aryl methyl sites for hydroxylation is 1. The Morgan fingerprint density at radius 3 is 2.59 bits per heavy atom. The SMILES string of the molecule is CN1CCC(Oc2cc(NC(=O)CCc3ccccc3)cc3c2CC(=O)C32CCC2)CC1. The van der Waals surface area contributed by atoms with Crippen LogP contribution in [0.1, 0.15) is 55.2 Å². The molecule has 2 fully saturated rings. The molecule has 5 nitrogen and oxygen atoms in total. The van der Waals surface area contributed by atoms with Crippen molar-refractivity contribution < 1.29 is 14.3 Å². The lowest BCUT2D eigenvalue weighted by Gasteiger charge is -2.38. The quantitative estimate of drug-likeness (QED) is 0.740. The molecule has 5 rings (SSSR count). The van der Waals surface area contributed by atoms with Gasteiger partial charge in [0.1, 0.15) is 17.6 Å². The van der Waals surface area contributed by atoms with E-state index >= 15 is 0 Å². The summed E-state index contributed by atoms with van der Waals surface area (Å²) >= 11 is 0. The van der Waals surface area contributed by atoms with Gasteiger partial charge in [-0.25, -0.2) is 0 Å². The lowest BCUT2D eigenvalue weighted by molar-refractivity contribution is -0.125. The number of anilines is 1. The van der Waals surface area contributed by atoms with Crippen LogP contribution in [-0.4, -0.2) is 42.8 Å². The summed E-state index contributed by atoms with van der Waals surface area (Å²) < 4.78 is 6.48. The number of hydrogen-bond acceptors (Lipinski definition) is 4. The third kappa shape index (κ3) is 4.06. The predicted octanol–water partition coefficient (Wildman–Crippen LogP) is 4.28. The fourth-order valence-electron chi connectivity index (χ4n) is 5.40. The highest BCUT2D eigenvalue weighted by Gasteiger charge is 2.51. The number of piperidine rings is 1. The zero-order valence-electron chi connectivity index (χ0n) is 18.9. The standard InChI is InChI=1S/C27H32N2O3/c1-29-14-10-21(11-15-29)32-24-17-20(28-26(31)9-8-19-6-3-2-4-7-19)16-23-22(24)18-25(30)27(23)12-5-13-27/h2-4,6-7,16-17,21H,5,8-15,18H2,1H3,(H,28,31). The van der Waals surface area contributed by atoms with Crippen LogP contribution in [0.15, 0.2) is 42.5 Å². The Hall–Kier alpha value is -2.66. The summed E-state index contributed by atoms with van der Waals surface area (Å²) in [6.45, 7) is 2.04. The lowest BCUT2D eigenvalue weighted by atomic mass is 9.64. The first-order valence-electron chi connectivity index (χ1n) is 11.9. The number of likely N-dealkylation sites (tertiary alicyclic amines) is 1. The largest absolute Gasteiger partial charge is 0.490 e. The number of nitrogens with zero attached hydrogens (tertiary/aromatic N) is 1. The van der Waals surface area contributed by atoms with E-state index in [0.29, 0.717) is 25.0 Å². The molecule has 1 spiro atoms. The maximum Gasteiger partial charge on any atom is 0.224 e. The zero-order chi connectivity index (χ0) is 22.1. The summed E-state index contributed by atoms with van der Waals surface area (Å²) in [4.78, 5) is 28.0. The molecule has 0 aromatic heterocycles. The number of ether oxygens (including phenoxy) is 1. The Balaban J connectivity index is 1.36. The number of nitrogens with one attached hydrogen (secondary N) is 1. The number of hydrogen-bond donors (Lipinski definition) is 1. The molecule has 2 aromatic rings. The number of fused-ring (bicyclic) bond motifs is 2. The number of carbonyl (C=O) groups is 2. The minimum absolute atomic E-state index is 0.00831. The minimum atomic E-state index is -0.342. The number of carbonyl (C=O) groups excluding carboxylic acids is 2. The summed E-state index contributed by atoms with van der Waals surface area (Å²) in [7, 11) is 2.14. The molecule has 1 saturated heterocycles. The Kier molecular flexibility index (Phi) is 5.76. The van der Waals surface area contributed by atoms with Crippen LogP contribution in [0.2, 0.25) is 0 Å². The van der Waals surface area contributed by atoms with Crippen LogP contribution in [0.4, 0.5) is 5.69 Å². The third-order valence-electron chi connectivity index (χ3n) is 7.53. The first-order chi connectivity index (χ1) is 15.5. The summed E-state index contributed by atoms with van der Waals surface area (Å²) in [6.07, 6.45) is 6.64. The summed E-state index contributed by atoms with van der Waals surface area (Å²) in [5.41, 5.74) is 3.71. The van der Waals surface area contributed by atoms with Crippen LogP contribution in [0, 0.1) is 0 Å². The lowest BCUT2D eigenvalue weighted by Crippen LogP contribution is -2.39. The van der Waals surface area contributed by atoms with Crippen molar-refractivity contribution in [2.45, 2.75) is 62.9 Å². The Labute approximate surface area is 190 Å². The van der Waals surface area contributed by atoms with Gasteiger partial charge in [0.2, 0.25) is 5.91 Å². The van der Waals surface area contributed by atoms with Gasteiger partial charge in [0.15, 0.2) is 0 Å². The molecule has 0 atom stereocenters. The average Bonchev–Trinajstić information content (AvgIpc) is 3.07. The van der Waals surface area contributed by atoms with Crippen molar-refractivity contribution >= 4 is 17.4 Å². The zero-order valence-corrected chi connectivity index (χ0v) is 18.9. The molecule has 0 unspecified atom stereocenters. The molecule has 1 aliphatic heterocycles. The van der Waals surface area contributed by atoms with E-state index in [0.717, 1.165) is 73.3 Å². The molecule has 32 heavy (non-hydrogen) atoms. The predicted molar refractivity (Wildman–Crippen MR) is 125 cm³/mol. The maximum atomic E-state index is 13.0. The number of rotatable bonds is 6. The van der Waals surface area contributed by atoms with Gasteiger partial charge in [-0.15, -0.1) is 0 Å². The molecule has 2 aromatic carbocycles. The topological polar surface area (TPSA) is 58.6 Å². The highest BCUT2D eigenvalue weighted by atomic mass is 16.5. The van der Waals surface area contributed by atoms with Gasteiger partial charge in [-0.2, -0.15) is 0 Å². The molecule has 0 bridgehead atoms. The van der Waals surface area contributed by atoms with E-state index in [1.165, 1.54) is 0 Å². The minimum Gasteiger partial charge on any atom is -0.490 e. The Morgan fingerprint density at radius 2 is 1.91 bits per heavy atom. The summed E-state index contributed by atoms with van der Waals surface area (Å²) in [5.74, 6) is 1.11. The Bertz CT molecular complexity index is 1010. The van der Waals surface area contributed by atoms with E-state index in [2.05, 4.69) is 17.3 Å². The van der Waals surface area contributed by atoms with E-state index in [4.69, 9.17) is 4.74 Å². The summed E-state index contributed by atoms with van der Waals surface area (Å²) in [5, 5.41) is 3.09. The average molecular weight is 433 g/mol. The van der Waals surface area contributed by atoms with E-state index in [1.54, 1.807) is 0 Å². The van der Waals surface area contributed by atoms with Crippen molar-refractivity contribution in [2.24, 2.45) is 0 Å². The third-order valence-corrected chi connectivity index (χ3v) is 7.53. The van der Waals surface area contributed by atoms with Crippen LogP contribution in [-0.2, 0) is 27.8 Å². The van der Waals surface area contributed by atoms with Gasteiger partial charge in [-0.05, 0) is 56.3 Å². The first-order valence-corrected chi connectivity index (χ1v) is 11.9. The smallest absolute Gasteiger partial charge is 0.224 e. The number of ketones is 1. The molecule has 2 aliphatic carbocycles. The molecule has 0 radical (unpaired) electrons. The molecule has 1 amide bonds. The van der Waals surface area contributed by atoms with Crippen molar-refractivity contribution in [1.29, 1.82) is 0 Å². The van der Waals surface area contributed by atoms with Crippen LogP contribution in [0.25, 0.3) is 0 Å². The fraction of sp³-hybridized carbons (Fsp3) is 0.481. The van der Waals surface area contributed by atoms with Gasteiger partial charge in [0, 0.05) is 43.2 Å². The van der Waals surface area contributed by atoms with Gasteiger partial charge in [-0.1, -0.05) is 36.8 Å².